The fourth-order valence-corrected chi connectivity index (χ4v) is 12.4. The molecule has 6 nitrogen and oxygen atoms in total. The molecule has 0 bridgehead atoms. The van der Waals surface area contributed by atoms with Crippen LogP contribution in [0.25, 0.3) is 90.6 Å². The summed E-state index contributed by atoms with van der Waals surface area (Å²) in [5.41, 5.74) is 18.5. The van der Waals surface area contributed by atoms with E-state index in [1.54, 1.807) is 0 Å². The fourth-order valence-electron chi connectivity index (χ4n) is 12.4. The standard InChI is InChI=1S/C68H42N6/c1-5-21-43(22-6-1)61-69-62(44-23-7-2-8-24-44)72-65(71-61)47-37-39-57-59(41-47)67(53-33-17-13-29-49(53)50-30-14-18-34-54(50)67)58-40-38-48(42-60(58)68(57)55-35-19-15-31-51(55)52-32-16-20-36-56(52)68)66-73-63(45-25-9-3-10-26-45)70-64(74-66)46-27-11-4-12-28-46/h1-42H. The van der Waals surface area contributed by atoms with Crippen molar-refractivity contribution in [3.05, 3.63) is 299 Å². The third-order valence-electron chi connectivity index (χ3n) is 15.5. The average Bonchev–Trinajstić information content (AvgIpc) is 3.97. The van der Waals surface area contributed by atoms with Crippen LogP contribution >= 0.6 is 0 Å². The van der Waals surface area contributed by atoms with Crippen LogP contribution in [0, 0.1) is 0 Å². The Hall–Kier alpha value is -9.78. The van der Waals surface area contributed by atoms with Crippen LogP contribution in [0.2, 0.25) is 0 Å². The molecule has 74 heavy (non-hydrogen) atoms. The van der Waals surface area contributed by atoms with Crippen molar-refractivity contribution in [1.82, 2.24) is 29.9 Å². The molecular formula is C68H42N6. The van der Waals surface area contributed by atoms with Gasteiger partial charge in [-0.1, -0.05) is 243 Å². The third kappa shape index (κ3) is 6.06. The molecule has 0 atom stereocenters. The van der Waals surface area contributed by atoms with Gasteiger partial charge < -0.3 is 0 Å². The first kappa shape index (κ1) is 42.0. The van der Waals surface area contributed by atoms with E-state index in [0.717, 1.165) is 33.4 Å². The predicted octanol–water partition coefficient (Wildman–Crippen LogP) is 15.1. The van der Waals surface area contributed by atoms with Crippen LogP contribution < -0.4 is 0 Å². The van der Waals surface area contributed by atoms with Crippen LogP contribution in [0.15, 0.2) is 255 Å². The molecule has 0 N–H and O–H groups in total. The van der Waals surface area contributed by atoms with Crippen molar-refractivity contribution >= 4 is 0 Å². The molecule has 3 aliphatic rings. The van der Waals surface area contributed by atoms with E-state index < -0.39 is 10.8 Å². The lowest BCUT2D eigenvalue weighted by molar-refractivity contribution is 0.633. The summed E-state index contributed by atoms with van der Waals surface area (Å²) in [6.07, 6.45) is 0. The molecule has 2 aromatic heterocycles. The van der Waals surface area contributed by atoms with Gasteiger partial charge in [0.15, 0.2) is 34.9 Å². The van der Waals surface area contributed by atoms with Crippen molar-refractivity contribution in [2.75, 3.05) is 0 Å². The van der Waals surface area contributed by atoms with Crippen molar-refractivity contribution < 1.29 is 0 Å². The number of rotatable bonds is 6. The Balaban J connectivity index is 1.07. The normalized spacial score (nSPS) is 13.6. The summed E-state index contributed by atoms with van der Waals surface area (Å²) in [5, 5.41) is 0. The molecule has 6 heteroatoms. The molecule has 0 saturated carbocycles. The Morgan fingerprint density at radius 1 is 0.176 bits per heavy atom. The maximum Gasteiger partial charge on any atom is 0.164 e. The minimum Gasteiger partial charge on any atom is -0.208 e. The molecular weight excluding hydrogens is 901 g/mol. The SMILES string of the molecule is c1ccc(-c2nc(-c3ccccc3)nc(-c3ccc4c(c3)C3(c5ccccc5-c5ccccc53)c3ccc(-c5nc(-c6ccccc6)nc(-c6ccccc6)n5)cc3C43c4ccccc4-c4ccccc43)n2)cc1. The molecule has 12 aromatic rings. The second-order valence-corrected chi connectivity index (χ2v) is 19.3. The second kappa shape index (κ2) is 16.4. The maximum atomic E-state index is 5.32. The van der Waals surface area contributed by atoms with Gasteiger partial charge >= 0.3 is 0 Å². The number of hydrogen-bond acceptors (Lipinski definition) is 6. The predicted molar refractivity (Wildman–Crippen MR) is 294 cm³/mol. The van der Waals surface area contributed by atoms with E-state index >= 15 is 0 Å². The first-order valence-electron chi connectivity index (χ1n) is 25.1. The Morgan fingerprint density at radius 3 is 0.676 bits per heavy atom. The van der Waals surface area contributed by atoms with Crippen molar-refractivity contribution in [1.29, 1.82) is 0 Å². The number of hydrogen-bond donors (Lipinski definition) is 0. The van der Waals surface area contributed by atoms with Gasteiger partial charge in [0.05, 0.1) is 10.8 Å². The van der Waals surface area contributed by atoms with Gasteiger partial charge in [-0.05, 0) is 78.9 Å². The molecule has 0 saturated heterocycles. The first-order valence-corrected chi connectivity index (χ1v) is 25.1. The summed E-state index contributed by atoms with van der Waals surface area (Å²) in [6.45, 7) is 0. The van der Waals surface area contributed by atoms with Crippen LogP contribution in [0.3, 0.4) is 0 Å². The summed E-state index contributed by atoms with van der Waals surface area (Å²) < 4.78 is 0. The Morgan fingerprint density at radius 2 is 0.405 bits per heavy atom. The fraction of sp³-hybridized carbons (Fsp3) is 0.0294. The van der Waals surface area contributed by atoms with E-state index in [1.165, 1.54) is 66.8 Å². The zero-order chi connectivity index (χ0) is 48.8. The lowest BCUT2D eigenvalue weighted by Crippen LogP contribution is -2.44. The number of aromatic nitrogens is 6. The molecule has 10 aromatic carbocycles. The van der Waals surface area contributed by atoms with Crippen LogP contribution in [-0.4, -0.2) is 29.9 Å². The lowest BCUT2D eigenvalue weighted by atomic mass is 9.52. The zero-order valence-corrected chi connectivity index (χ0v) is 39.9. The van der Waals surface area contributed by atoms with E-state index in [-0.39, 0.29) is 0 Å². The highest BCUT2D eigenvalue weighted by Crippen LogP contribution is 2.68. The lowest BCUT2D eigenvalue weighted by Gasteiger charge is -2.49. The van der Waals surface area contributed by atoms with Gasteiger partial charge in [0.1, 0.15) is 0 Å². The van der Waals surface area contributed by atoms with Crippen molar-refractivity contribution in [2.24, 2.45) is 0 Å². The van der Waals surface area contributed by atoms with E-state index in [0.29, 0.717) is 34.9 Å². The summed E-state index contributed by atoms with van der Waals surface area (Å²) in [6, 6.07) is 90.8. The molecule has 2 spiro atoms. The Labute approximate surface area is 428 Å². The minimum absolute atomic E-state index is 0.607. The third-order valence-corrected chi connectivity index (χ3v) is 15.5. The maximum absolute atomic E-state index is 5.32. The minimum atomic E-state index is -0.773. The summed E-state index contributed by atoms with van der Waals surface area (Å²) in [5.74, 6) is 3.70. The van der Waals surface area contributed by atoms with Crippen LogP contribution in [0.1, 0.15) is 44.5 Å². The summed E-state index contributed by atoms with van der Waals surface area (Å²) in [4.78, 5) is 31.5. The molecule has 0 fully saturated rings. The highest BCUT2D eigenvalue weighted by atomic mass is 15.0. The van der Waals surface area contributed by atoms with Gasteiger partial charge in [-0.15, -0.1) is 0 Å². The molecule has 15 rings (SSSR count). The average molecular weight is 943 g/mol. The van der Waals surface area contributed by atoms with E-state index in [9.17, 15) is 0 Å². The second-order valence-electron chi connectivity index (χ2n) is 19.3. The molecule has 344 valence electrons. The smallest absolute Gasteiger partial charge is 0.164 e. The molecule has 0 unspecified atom stereocenters. The summed E-state index contributed by atoms with van der Waals surface area (Å²) >= 11 is 0. The molecule has 2 heterocycles. The highest BCUT2D eigenvalue weighted by molar-refractivity contribution is 5.95. The van der Waals surface area contributed by atoms with Gasteiger partial charge in [0.25, 0.3) is 0 Å². The van der Waals surface area contributed by atoms with E-state index in [4.69, 9.17) is 29.9 Å². The van der Waals surface area contributed by atoms with Gasteiger partial charge in [-0.25, -0.2) is 29.9 Å². The largest absolute Gasteiger partial charge is 0.208 e. The quantitative estimate of drug-likeness (QED) is 0.165. The topological polar surface area (TPSA) is 77.3 Å². The number of fused-ring (bicyclic) bond motifs is 16. The van der Waals surface area contributed by atoms with Crippen molar-refractivity contribution in [2.45, 2.75) is 10.8 Å². The van der Waals surface area contributed by atoms with Crippen molar-refractivity contribution in [3.8, 4) is 90.6 Å². The summed E-state index contributed by atoms with van der Waals surface area (Å²) in [7, 11) is 0. The van der Waals surface area contributed by atoms with Gasteiger partial charge in [-0.3, -0.25) is 0 Å². The van der Waals surface area contributed by atoms with Gasteiger partial charge in [0.2, 0.25) is 0 Å². The Kier molecular flexibility index (Phi) is 9.29. The highest BCUT2D eigenvalue weighted by Gasteiger charge is 2.59. The van der Waals surface area contributed by atoms with E-state index in [2.05, 4.69) is 182 Å². The van der Waals surface area contributed by atoms with Crippen molar-refractivity contribution in [3.63, 3.8) is 0 Å². The molecule has 0 amide bonds. The first-order chi connectivity index (χ1) is 36.7. The van der Waals surface area contributed by atoms with E-state index in [1.807, 2.05) is 72.8 Å². The van der Waals surface area contributed by atoms with Gasteiger partial charge in [0, 0.05) is 33.4 Å². The molecule has 0 radical (unpaired) electrons. The van der Waals surface area contributed by atoms with Crippen LogP contribution in [0.4, 0.5) is 0 Å². The number of benzene rings is 10. The monoisotopic (exact) mass is 942 g/mol. The molecule has 3 aliphatic carbocycles. The zero-order valence-electron chi connectivity index (χ0n) is 39.9. The Bertz CT molecular complexity index is 3710. The van der Waals surface area contributed by atoms with Crippen LogP contribution in [-0.2, 0) is 10.8 Å². The van der Waals surface area contributed by atoms with Crippen LogP contribution in [0.5, 0.6) is 0 Å². The molecule has 0 aliphatic heterocycles. The van der Waals surface area contributed by atoms with Gasteiger partial charge in [-0.2, -0.15) is 0 Å². The number of nitrogens with zero attached hydrogens (tertiary/aromatic N) is 6.